The third-order valence-electron chi connectivity index (χ3n) is 3.39. The summed E-state index contributed by atoms with van der Waals surface area (Å²) in [5.41, 5.74) is 2.99. The molecule has 0 atom stereocenters. The molecular weight excluding hydrogens is 316 g/mol. The minimum Gasteiger partial charge on any atom is -0.490 e. The Morgan fingerprint density at radius 3 is 2.26 bits per heavy atom. The van der Waals surface area contributed by atoms with Gasteiger partial charge in [0.2, 0.25) is 0 Å². The van der Waals surface area contributed by atoms with Crippen LogP contribution in [-0.4, -0.2) is 24.3 Å². The molecule has 4 nitrogen and oxygen atoms in total. The van der Waals surface area contributed by atoms with Crippen molar-refractivity contribution in [2.24, 2.45) is 0 Å². The van der Waals surface area contributed by atoms with Gasteiger partial charge in [-0.25, -0.2) is 4.79 Å². The molecule has 0 amide bonds. The first-order valence-electron chi connectivity index (χ1n) is 7.25. The zero-order valence-electron chi connectivity index (χ0n) is 13.4. The van der Waals surface area contributed by atoms with Crippen molar-refractivity contribution < 1.29 is 19.4 Å². The fourth-order valence-corrected chi connectivity index (χ4v) is 2.34. The third kappa shape index (κ3) is 4.39. The van der Waals surface area contributed by atoms with Crippen LogP contribution in [0.5, 0.6) is 11.5 Å². The first kappa shape index (κ1) is 17.2. The lowest BCUT2D eigenvalue weighted by Crippen LogP contribution is -2.11. The Morgan fingerprint density at radius 2 is 1.65 bits per heavy atom. The van der Waals surface area contributed by atoms with Gasteiger partial charge in [-0.1, -0.05) is 17.7 Å². The molecule has 5 heteroatoms. The lowest BCUT2D eigenvalue weighted by atomic mass is 10.1. The maximum atomic E-state index is 11.2. The number of carboxylic acids is 1. The first-order chi connectivity index (χ1) is 10.9. The van der Waals surface area contributed by atoms with Crippen LogP contribution in [0.2, 0.25) is 5.02 Å². The van der Waals surface area contributed by atoms with Crippen molar-refractivity contribution >= 4 is 17.6 Å². The molecule has 0 spiro atoms. The summed E-state index contributed by atoms with van der Waals surface area (Å²) in [6.45, 7) is 6.29. The summed E-state index contributed by atoms with van der Waals surface area (Å²) in [4.78, 5) is 11.2. The molecule has 2 aromatic rings. The predicted octanol–water partition coefficient (Wildman–Crippen LogP) is 4.42. The second-order valence-electron chi connectivity index (χ2n) is 5.37. The van der Waals surface area contributed by atoms with Gasteiger partial charge in [-0.15, -0.1) is 0 Å². The number of carboxylic acid groups (broad SMARTS) is 1. The second kappa shape index (κ2) is 7.38. The lowest BCUT2D eigenvalue weighted by molar-refractivity contribution is 0.0691. The van der Waals surface area contributed by atoms with Gasteiger partial charge in [-0.05, 0) is 61.7 Å². The van der Waals surface area contributed by atoms with Crippen molar-refractivity contribution in [3.05, 3.63) is 57.6 Å². The van der Waals surface area contributed by atoms with Gasteiger partial charge in [-0.3, -0.25) is 0 Å². The number of rotatable bonds is 6. The fraction of sp³-hybridized carbons (Fsp3) is 0.278. The monoisotopic (exact) mass is 334 g/mol. The molecule has 2 aromatic carbocycles. The minimum atomic E-state index is -1.01. The van der Waals surface area contributed by atoms with Gasteiger partial charge in [0.05, 0.1) is 0 Å². The Labute approximate surface area is 140 Å². The van der Waals surface area contributed by atoms with Crippen molar-refractivity contribution in [2.75, 3.05) is 13.2 Å². The molecule has 0 fully saturated rings. The van der Waals surface area contributed by atoms with E-state index in [1.165, 1.54) is 0 Å². The quantitative estimate of drug-likeness (QED) is 0.794. The summed E-state index contributed by atoms with van der Waals surface area (Å²) in [6.07, 6.45) is 0. The van der Waals surface area contributed by atoms with E-state index in [-0.39, 0.29) is 12.2 Å². The van der Waals surface area contributed by atoms with E-state index in [1.807, 2.05) is 32.9 Å². The van der Waals surface area contributed by atoms with E-state index in [9.17, 15) is 4.79 Å². The van der Waals surface area contributed by atoms with Gasteiger partial charge in [0.1, 0.15) is 30.3 Å². The Morgan fingerprint density at radius 1 is 1.04 bits per heavy atom. The second-order valence-corrected chi connectivity index (χ2v) is 5.75. The van der Waals surface area contributed by atoms with Crippen molar-refractivity contribution in [3.8, 4) is 11.5 Å². The van der Waals surface area contributed by atoms with Gasteiger partial charge in [0.15, 0.2) is 0 Å². The van der Waals surface area contributed by atoms with Crippen LogP contribution < -0.4 is 9.47 Å². The molecule has 2 rings (SSSR count). The van der Waals surface area contributed by atoms with Crippen LogP contribution >= 0.6 is 11.6 Å². The Balaban J connectivity index is 1.96. The number of halogens is 1. The summed E-state index contributed by atoms with van der Waals surface area (Å²) in [5, 5.41) is 9.89. The molecule has 0 heterocycles. The molecule has 1 N–H and O–H groups in total. The van der Waals surface area contributed by atoms with Gasteiger partial charge in [-0.2, -0.15) is 0 Å². The van der Waals surface area contributed by atoms with Gasteiger partial charge >= 0.3 is 5.97 Å². The van der Waals surface area contributed by atoms with E-state index < -0.39 is 5.97 Å². The Hall–Kier alpha value is -2.20. The SMILES string of the molecule is Cc1ccc(C(=O)O)c(OCCOc2cc(C)c(Cl)c(C)c2)c1. The average Bonchev–Trinajstić information content (AvgIpc) is 2.48. The van der Waals surface area contributed by atoms with Crippen molar-refractivity contribution in [1.82, 2.24) is 0 Å². The van der Waals surface area contributed by atoms with Crippen LogP contribution in [0.15, 0.2) is 30.3 Å². The lowest BCUT2D eigenvalue weighted by Gasteiger charge is -2.12. The highest BCUT2D eigenvalue weighted by atomic mass is 35.5. The average molecular weight is 335 g/mol. The van der Waals surface area contributed by atoms with E-state index >= 15 is 0 Å². The number of hydrogen-bond donors (Lipinski definition) is 1. The van der Waals surface area contributed by atoms with Crippen LogP contribution in [0.4, 0.5) is 0 Å². The first-order valence-corrected chi connectivity index (χ1v) is 7.62. The standard InChI is InChI=1S/C18H19ClO4/c1-11-4-5-15(18(20)21)16(8-11)23-7-6-22-14-9-12(2)17(19)13(3)10-14/h4-5,8-10H,6-7H2,1-3H3,(H,20,21). The smallest absolute Gasteiger partial charge is 0.339 e. The fourth-order valence-electron chi connectivity index (χ4n) is 2.23. The molecule has 0 aliphatic rings. The zero-order valence-corrected chi connectivity index (χ0v) is 14.1. The summed E-state index contributed by atoms with van der Waals surface area (Å²) in [5.74, 6) is 0.0603. The highest BCUT2D eigenvalue weighted by Crippen LogP contribution is 2.26. The molecule has 0 saturated heterocycles. The van der Waals surface area contributed by atoms with Crippen LogP contribution in [0.3, 0.4) is 0 Å². The molecule has 0 aliphatic carbocycles. The number of ether oxygens (including phenoxy) is 2. The van der Waals surface area contributed by atoms with Crippen molar-refractivity contribution in [2.45, 2.75) is 20.8 Å². The normalized spacial score (nSPS) is 10.4. The molecule has 0 bridgehead atoms. The number of aromatic carboxylic acids is 1. The summed E-state index contributed by atoms with van der Waals surface area (Å²) < 4.78 is 11.2. The summed E-state index contributed by atoms with van der Waals surface area (Å²) in [6, 6.07) is 8.72. The summed E-state index contributed by atoms with van der Waals surface area (Å²) in [7, 11) is 0. The molecule has 0 aliphatic heterocycles. The summed E-state index contributed by atoms with van der Waals surface area (Å²) >= 11 is 6.12. The number of benzene rings is 2. The van der Waals surface area contributed by atoms with E-state index in [0.717, 1.165) is 27.5 Å². The Kier molecular flexibility index (Phi) is 5.50. The van der Waals surface area contributed by atoms with Gasteiger partial charge < -0.3 is 14.6 Å². The molecular formula is C18H19ClO4. The van der Waals surface area contributed by atoms with Crippen molar-refractivity contribution in [3.63, 3.8) is 0 Å². The molecule has 0 aromatic heterocycles. The van der Waals surface area contributed by atoms with Crippen LogP contribution in [0, 0.1) is 20.8 Å². The van der Waals surface area contributed by atoms with Gasteiger partial charge in [0, 0.05) is 5.02 Å². The predicted molar refractivity (Wildman–Crippen MR) is 90.1 cm³/mol. The Bertz CT molecular complexity index is 702. The minimum absolute atomic E-state index is 0.147. The van der Waals surface area contributed by atoms with Gasteiger partial charge in [0.25, 0.3) is 0 Å². The number of hydrogen-bond acceptors (Lipinski definition) is 3. The van der Waals surface area contributed by atoms with E-state index in [4.69, 9.17) is 26.2 Å². The number of carbonyl (C=O) groups is 1. The van der Waals surface area contributed by atoms with Crippen molar-refractivity contribution in [1.29, 1.82) is 0 Å². The van der Waals surface area contributed by atoms with Crippen LogP contribution in [0.1, 0.15) is 27.0 Å². The largest absolute Gasteiger partial charge is 0.490 e. The maximum absolute atomic E-state index is 11.2. The molecule has 0 saturated carbocycles. The molecule has 122 valence electrons. The van der Waals surface area contributed by atoms with E-state index in [0.29, 0.717) is 12.4 Å². The zero-order chi connectivity index (χ0) is 17.0. The molecule has 23 heavy (non-hydrogen) atoms. The topological polar surface area (TPSA) is 55.8 Å². The molecule has 0 unspecified atom stereocenters. The third-order valence-corrected chi connectivity index (χ3v) is 3.98. The number of aryl methyl sites for hydroxylation is 3. The molecule has 0 radical (unpaired) electrons. The van der Waals surface area contributed by atoms with E-state index in [1.54, 1.807) is 18.2 Å². The van der Waals surface area contributed by atoms with E-state index in [2.05, 4.69) is 0 Å². The maximum Gasteiger partial charge on any atom is 0.339 e. The highest BCUT2D eigenvalue weighted by molar-refractivity contribution is 6.32. The van der Waals surface area contributed by atoms with Crippen LogP contribution in [0.25, 0.3) is 0 Å². The highest BCUT2D eigenvalue weighted by Gasteiger charge is 2.11. The van der Waals surface area contributed by atoms with Crippen LogP contribution in [-0.2, 0) is 0 Å².